The highest BCUT2D eigenvalue weighted by Crippen LogP contribution is 2.37. The molecule has 1 saturated carbocycles. The van der Waals surface area contributed by atoms with Gasteiger partial charge in [0, 0.05) is 30.7 Å². The number of hydrogen-bond acceptors (Lipinski definition) is 3. The van der Waals surface area contributed by atoms with Crippen molar-refractivity contribution >= 4 is 0 Å². The second-order valence-corrected chi connectivity index (χ2v) is 4.92. The number of nitrogens with two attached hydrogens (primary N) is 1. The molecule has 15 heavy (non-hydrogen) atoms. The molecular weight excluding hydrogens is 188 g/mol. The van der Waals surface area contributed by atoms with Crippen LogP contribution >= 0.6 is 0 Å². The molecule has 1 aliphatic carbocycles. The van der Waals surface area contributed by atoms with Crippen molar-refractivity contribution in [3.8, 4) is 0 Å². The third-order valence-electron chi connectivity index (χ3n) is 4.09. The van der Waals surface area contributed by atoms with Gasteiger partial charge in [0.15, 0.2) is 0 Å². The molecule has 3 heteroatoms. The van der Waals surface area contributed by atoms with Crippen molar-refractivity contribution in [2.45, 2.75) is 63.8 Å². The Kier molecular flexibility index (Phi) is 3.65. The lowest BCUT2D eigenvalue weighted by Crippen LogP contribution is -2.72. The molecule has 0 radical (unpaired) electrons. The minimum absolute atomic E-state index is 0.316. The fourth-order valence-electron chi connectivity index (χ4n) is 2.95. The van der Waals surface area contributed by atoms with Gasteiger partial charge in [-0.2, -0.15) is 0 Å². The predicted molar refractivity (Wildman–Crippen MR) is 61.7 cm³/mol. The highest BCUT2D eigenvalue weighted by Gasteiger charge is 2.50. The first-order valence-electron chi connectivity index (χ1n) is 6.41. The molecule has 0 amide bonds. The lowest BCUT2D eigenvalue weighted by atomic mass is 9.68. The van der Waals surface area contributed by atoms with E-state index in [4.69, 9.17) is 10.5 Å². The molecule has 3 nitrogen and oxygen atoms in total. The number of rotatable bonds is 4. The largest absolute Gasteiger partial charge is 0.376 e. The summed E-state index contributed by atoms with van der Waals surface area (Å²) in [6.07, 6.45) is 5.20. The summed E-state index contributed by atoms with van der Waals surface area (Å²) < 4.78 is 5.81. The van der Waals surface area contributed by atoms with Crippen LogP contribution in [0.5, 0.6) is 0 Å². The van der Waals surface area contributed by atoms with Gasteiger partial charge in [-0.1, -0.05) is 13.8 Å². The van der Waals surface area contributed by atoms with Gasteiger partial charge in [-0.25, -0.2) is 0 Å². The number of fused-ring (bicyclic) bond motifs is 1. The predicted octanol–water partition coefficient (Wildman–Crippen LogP) is 1.27. The fraction of sp³-hybridized carbons (Fsp3) is 1.00. The van der Waals surface area contributed by atoms with Gasteiger partial charge in [0.2, 0.25) is 0 Å². The van der Waals surface area contributed by atoms with Crippen LogP contribution in [0, 0.1) is 5.92 Å². The molecule has 0 spiro atoms. The zero-order valence-corrected chi connectivity index (χ0v) is 9.91. The van der Waals surface area contributed by atoms with Gasteiger partial charge in [0.25, 0.3) is 0 Å². The molecule has 1 saturated heterocycles. The van der Waals surface area contributed by atoms with E-state index in [9.17, 15) is 0 Å². The second-order valence-electron chi connectivity index (χ2n) is 4.92. The zero-order valence-electron chi connectivity index (χ0n) is 9.91. The molecule has 1 heterocycles. The Hall–Kier alpha value is -0.120. The molecule has 2 rings (SSSR count). The maximum atomic E-state index is 6.19. The molecule has 0 aromatic rings. The van der Waals surface area contributed by atoms with E-state index in [-0.39, 0.29) is 0 Å². The first-order chi connectivity index (χ1) is 7.27. The molecule has 2 fully saturated rings. The minimum Gasteiger partial charge on any atom is -0.376 e. The molecule has 0 bridgehead atoms. The monoisotopic (exact) mass is 212 g/mol. The first kappa shape index (κ1) is 11.4. The average Bonchev–Trinajstić information content (AvgIpc) is 2.30. The summed E-state index contributed by atoms with van der Waals surface area (Å²) in [6.45, 7) is 5.38. The Balaban J connectivity index is 1.87. The maximum absolute atomic E-state index is 6.19. The van der Waals surface area contributed by atoms with E-state index in [0.29, 0.717) is 30.1 Å². The highest BCUT2D eigenvalue weighted by molar-refractivity contribution is 5.08. The van der Waals surface area contributed by atoms with Gasteiger partial charge in [-0.05, 0) is 25.7 Å². The molecule has 0 aromatic carbocycles. The Morgan fingerprint density at radius 2 is 2.13 bits per heavy atom. The van der Waals surface area contributed by atoms with Crippen LogP contribution in [0.3, 0.4) is 0 Å². The molecule has 4 unspecified atom stereocenters. The van der Waals surface area contributed by atoms with Crippen molar-refractivity contribution in [3.05, 3.63) is 0 Å². The van der Waals surface area contributed by atoms with Crippen molar-refractivity contribution < 1.29 is 4.74 Å². The summed E-state index contributed by atoms with van der Waals surface area (Å²) in [5.74, 6) is 0.616. The third-order valence-corrected chi connectivity index (χ3v) is 4.09. The zero-order chi connectivity index (χ0) is 10.8. The Morgan fingerprint density at radius 3 is 2.80 bits per heavy atom. The van der Waals surface area contributed by atoms with Gasteiger partial charge in [0.05, 0.1) is 6.10 Å². The van der Waals surface area contributed by atoms with Crippen LogP contribution in [0.4, 0.5) is 0 Å². The second kappa shape index (κ2) is 4.81. The average molecular weight is 212 g/mol. The number of nitrogens with one attached hydrogen (secondary N) is 1. The Bertz CT molecular complexity index is 206. The molecular formula is C12H24N2O. The maximum Gasteiger partial charge on any atom is 0.0786 e. The fourth-order valence-corrected chi connectivity index (χ4v) is 2.95. The van der Waals surface area contributed by atoms with Crippen molar-refractivity contribution in [1.29, 1.82) is 0 Å². The van der Waals surface area contributed by atoms with Gasteiger partial charge in [0.1, 0.15) is 0 Å². The summed E-state index contributed by atoms with van der Waals surface area (Å²) in [5.41, 5.74) is 6.19. The standard InChI is InChI=1S/C12H24N2O/c1-3-8(4-2)14-11-10(13)9-6-5-7-15-12(9)11/h8-12,14H,3-7,13H2,1-2H3. The summed E-state index contributed by atoms with van der Waals surface area (Å²) >= 11 is 0. The molecule has 1 aliphatic heterocycles. The Morgan fingerprint density at radius 1 is 1.40 bits per heavy atom. The summed E-state index contributed by atoms with van der Waals surface area (Å²) in [7, 11) is 0. The topological polar surface area (TPSA) is 47.3 Å². The smallest absolute Gasteiger partial charge is 0.0786 e. The molecule has 88 valence electrons. The number of ether oxygens (including phenoxy) is 1. The lowest BCUT2D eigenvalue weighted by molar-refractivity contribution is -0.122. The van der Waals surface area contributed by atoms with Crippen LogP contribution in [0.1, 0.15) is 39.5 Å². The van der Waals surface area contributed by atoms with Gasteiger partial charge >= 0.3 is 0 Å². The quantitative estimate of drug-likeness (QED) is 0.738. The van der Waals surface area contributed by atoms with E-state index in [1.54, 1.807) is 0 Å². The lowest BCUT2D eigenvalue weighted by Gasteiger charge is -2.53. The van der Waals surface area contributed by atoms with E-state index in [0.717, 1.165) is 6.61 Å². The Labute approximate surface area is 92.7 Å². The SMILES string of the molecule is CCC(CC)NC1C(N)C2CCCOC21. The van der Waals surface area contributed by atoms with Crippen LogP contribution in [0.2, 0.25) is 0 Å². The van der Waals surface area contributed by atoms with Gasteiger partial charge < -0.3 is 15.8 Å². The molecule has 0 aromatic heterocycles. The summed E-state index contributed by atoms with van der Waals surface area (Å²) in [5, 5.41) is 3.65. The van der Waals surface area contributed by atoms with Crippen molar-refractivity contribution in [2.24, 2.45) is 11.7 Å². The van der Waals surface area contributed by atoms with Crippen LogP contribution in [0.25, 0.3) is 0 Å². The van der Waals surface area contributed by atoms with E-state index in [1.807, 2.05) is 0 Å². The molecule has 3 N–H and O–H groups in total. The van der Waals surface area contributed by atoms with E-state index >= 15 is 0 Å². The van der Waals surface area contributed by atoms with Crippen LogP contribution in [0.15, 0.2) is 0 Å². The van der Waals surface area contributed by atoms with E-state index in [1.165, 1.54) is 25.7 Å². The normalized spacial score (nSPS) is 40.0. The highest BCUT2D eigenvalue weighted by atomic mass is 16.5. The van der Waals surface area contributed by atoms with Crippen molar-refractivity contribution in [3.63, 3.8) is 0 Å². The third kappa shape index (κ3) is 2.05. The molecule has 2 aliphatic rings. The van der Waals surface area contributed by atoms with Crippen LogP contribution in [-0.2, 0) is 4.74 Å². The van der Waals surface area contributed by atoms with E-state index < -0.39 is 0 Å². The van der Waals surface area contributed by atoms with Crippen LogP contribution < -0.4 is 11.1 Å². The van der Waals surface area contributed by atoms with Gasteiger partial charge in [-0.3, -0.25) is 0 Å². The number of hydrogen-bond donors (Lipinski definition) is 2. The first-order valence-corrected chi connectivity index (χ1v) is 6.41. The summed E-state index contributed by atoms with van der Waals surface area (Å²) in [6, 6.07) is 1.32. The van der Waals surface area contributed by atoms with Gasteiger partial charge in [-0.15, -0.1) is 0 Å². The van der Waals surface area contributed by atoms with E-state index in [2.05, 4.69) is 19.2 Å². The minimum atomic E-state index is 0.316. The molecule has 4 atom stereocenters. The van der Waals surface area contributed by atoms with Crippen molar-refractivity contribution in [2.75, 3.05) is 6.61 Å². The van der Waals surface area contributed by atoms with Crippen LogP contribution in [-0.4, -0.2) is 30.8 Å². The summed E-state index contributed by atoms with van der Waals surface area (Å²) in [4.78, 5) is 0. The van der Waals surface area contributed by atoms with Crippen molar-refractivity contribution in [1.82, 2.24) is 5.32 Å².